The Labute approximate surface area is 146 Å². The second kappa shape index (κ2) is 9.93. The summed E-state index contributed by atoms with van der Waals surface area (Å²) in [6.07, 6.45) is 5.31. The monoisotopic (exact) mass is 322 g/mol. The molecule has 0 aliphatic carbocycles. The van der Waals surface area contributed by atoms with E-state index in [0.29, 0.717) is 5.92 Å². The van der Waals surface area contributed by atoms with Gasteiger partial charge in [-0.15, -0.1) is 5.92 Å². The molecule has 1 heteroatoms. The fourth-order valence-electron chi connectivity index (χ4n) is 2.95. The van der Waals surface area contributed by atoms with Crippen molar-refractivity contribution in [2.24, 2.45) is 0 Å². The molecule has 0 saturated carbocycles. The minimum absolute atomic E-state index is 0.184. The Bertz CT molecular complexity index is 646. The number of hydrogen-bond acceptors (Lipinski definition) is 0. The summed E-state index contributed by atoms with van der Waals surface area (Å²) < 4.78 is 13.2. The van der Waals surface area contributed by atoms with Gasteiger partial charge in [0.05, 0.1) is 0 Å². The lowest BCUT2D eigenvalue weighted by Crippen LogP contribution is -1.98. The molecule has 0 aromatic heterocycles. The van der Waals surface area contributed by atoms with Crippen molar-refractivity contribution >= 4 is 0 Å². The number of unbranched alkanes of at least 4 members (excludes halogenated alkanes) is 1. The largest absolute Gasteiger partial charge is 0.207 e. The van der Waals surface area contributed by atoms with E-state index in [-0.39, 0.29) is 11.7 Å². The summed E-state index contributed by atoms with van der Waals surface area (Å²) in [6, 6.07) is 17.4. The van der Waals surface area contributed by atoms with Crippen LogP contribution in [-0.4, -0.2) is 0 Å². The molecule has 126 valence electrons. The smallest absolute Gasteiger partial charge is 0.123 e. The van der Waals surface area contributed by atoms with Crippen molar-refractivity contribution < 1.29 is 4.39 Å². The molecule has 2 unspecified atom stereocenters. The van der Waals surface area contributed by atoms with Crippen molar-refractivity contribution in [3.05, 3.63) is 71.5 Å². The second-order valence-electron chi connectivity index (χ2n) is 6.29. The number of hydrogen-bond donors (Lipinski definition) is 0. The van der Waals surface area contributed by atoms with Crippen LogP contribution in [0.2, 0.25) is 0 Å². The van der Waals surface area contributed by atoms with Crippen molar-refractivity contribution in [2.45, 2.75) is 57.8 Å². The van der Waals surface area contributed by atoms with Crippen molar-refractivity contribution in [2.75, 3.05) is 0 Å². The fraction of sp³-hybridized carbons (Fsp3) is 0.391. The molecule has 2 aromatic rings. The molecule has 0 heterocycles. The van der Waals surface area contributed by atoms with Gasteiger partial charge < -0.3 is 0 Å². The predicted molar refractivity (Wildman–Crippen MR) is 101 cm³/mol. The first-order chi connectivity index (χ1) is 11.7. The summed E-state index contributed by atoms with van der Waals surface area (Å²) in [5.41, 5.74) is 2.49. The van der Waals surface area contributed by atoms with Crippen LogP contribution in [0, 0.1) is 17.7 Å². The van der Waals surface area contributed by atoms with E-state index in [1.165, 1.54) is 17.7 Å². The maximum atomic E-state index is 13.2. The molecule has 24 heavy (non-hydrogen) atoms. The Morgan fingerprint density at radius 3 is 2.25 bits per heavy atom. The minimum Gasteiger partial charge on any atom is -0.207 e. The topological polar surface area (TPSA) is 0 Å². The van der Waals surface area contributed by atoms with Gasteiger partial charge in [-0.25, -0.2) is 4.39 Å². The third-order valence-electron chi connectivity index (χ3n) is 4.51. The van der Waals surface area contributed by atoms with Gasteiger partial charge in [-0.05, 0) is 42.0 Å². The summed E-state index contributed by atoms with van der Waals surface area (Å²) in [7, 11) is 0. The first kappa shape index (κ1) is 18.3. The minimum atomic E-state index is -0.184. The molecular weight excluding hydrogens is 295 g/mol. The van der Waals surface area contributed by atoms with Crippen molar-refractivity contribution in [3.8, 4) is 11.8 Å². The van der Waals surface area contributed by atoms with Crippen LogP contribution in [0.1, 0.15) is 68.9 Å². The zero-order valence-corrected chi connectivity index (χ0v) is 14.8. The van der Waals surface area contributed by atoms with Gasteiger partial charge in [-0.3, -0.25) is 0 Å². The van der Waals surface area contributed by atoms with E-state index in [1.807, 2.05) is 12.1 Å². The van der Waals surface area contributed by atoms with E-state index in [2.05, 4.69) is 56.0 Å². The standard InChI is InChI=1S/C23H27F/c1-3-5-10-21(22-15-17-23(24)18-16-22)14-9-13-19(4-2)20-11-7-6-8-12-20/h6-8,11-12,15-19,21H,3-5,10,13H2,1-2H3. The van der Waals surface area contributed by atoms with Crippen molar-refractivity contribution in [3.63, 3.8) is 0 Å². The van der Waals surface area contributed by atoms with Crippen LogP contribution in [0.3, 0.4) is 0 Å². The second-order valence-corrected chi connectivity index (χ2v) is 6.29. The summed E-state index contributed by atoms with van der Waals surface area (Å²) >= 11 is 0. The Morgan fingerprint density at radius 2 is 1.62 bits per heavy atom. The molecule has 0 saturated heterocycles. The number of benzene rings is 2. The third kappa shape index (κ3) is 5.53. The molecule has 2 atom stereocenters. The predicted octanol–water partition coefficient (Wildman–Crippen LogP) is 6.69. The quantitative estimate of drug-likeness (QED) is 0.498. The highest BCUT2D eigenvalue weighted by atomic mass is 19.1. The van der Waals surface area contributed by atoms with E-state index >= 15 is 0 Å². The Balaban J connectivity index is 2.09. The highest BCUT2D eigenvalue weighted by molar-refractivity contribution is 5.29. The Hall–Kier alpha value is -2.07. The average Bonchev–Trinajstić information content (AvgIpc) is 2.63. The summed E-state index contributed by atoms with van der Waals surface area (Å²) in [4.78, 5) is 0. The zero-order valence-electron chi connectivity index (χ0n) is 14.8. The van der Waals surface area contributed by atoms with Crippen LogP contribution < -0.4 is 0 Å². The molecule has 2 rings (SSSR count). The Morgan fingerprint density at radius 1 is 0.917 bits per heavy atom. The highest BCUT2D eigenvalue weighted by Gasteiger charge is 2.10. The van der Waals surface area contributed by atoms with Crippen LogP contribution in [0.15, 0.2) is 54.6 Å². The van der Waals surface area contributed by atoms with E-state index in [9.17, 15) is 4.39 Å². The molecule has 0 nitrogen and oxygen atoms in total. The Kier molecular flexibility index (Phi) is 7.56. The number of rotatable bonds is 7. The van der Waals surface area contributed by atoms with E-state index in [0.717, 1.165) is 37.7 Å². The molecule has 0 radical (unpaired) electrons. The lowest BCUT2D eigenvalue weighted by atomic mass is 9.91. The molecule has 0 bridgehead atoms. The van der Waals surface area contributed by atoms with Crippen LogP contribution in [0.4, 0.5) is 4.39 Å². The van der Waals surface area contributed by atoms with Crippen LogP contribution >= 0.6 is 0 Å². The van der Waals surface area contributed by atoms with Crippen molar-refractivity contribution in [1.29, 1.82) is 0 Å². The maximum absolute atomic E-state index is 13.2. The van der Waals surface area contributed by atoms with Gasteiger partial charge >= 0.3 is 0 Å². The van der Waals surface area contributed by atoms with E-state index in [1.54, 1.807) is 0 Å². The molecule has 0 spiro atoms. The summed E-state index contributed by atoms with van der Waals surface area (Å²) in [6.45, 7) is 4.41. The average molecular weight is 322 g/mol. The summed E-state index contributed by atoms with van der Waals surface area (Å²) in [5, 5.41) is 0. The van der Waals surface area contributed by atoms with E-state index in [4.69, 9.17) is 0 Å². The van der Waals surface area contributed by atoms with Crippen LogP contribution in [-0.2, 0) is 0 Å². The van der Waals surface area contributed by atoms with Gasteiger partial charge in [0.15, 0.2) is 0 Å². The zero-order chi connectivity index (χ0) is 17.2. The first-order valence-corrected chi connectivity index (χ1v) is 9.03. The lowest BCUT2D eigenvalue weighted by molar-refractivity contribution is 0.624. The highest BCUT2D eigenvalue weighted by Crippen LogP contribution is 2.24. The van der Waals surface area contributed by atoms with Gasteiger partial charge in [0.2, 0.25) is 0 Å². The third-order valence-corrected chi connectivity index (χ3v) is 4.51. The number of halogens is 1. The van der Waals surface area contributed by atoms with Crippen molar-refractivity contribution in [1.82, 2.24) is 0 Å². The normalized spacial score (nSPS) is 13.0. The molecule has 2 aromatic carbocycles. The molecule has 0 fully saturated rings. The van der Waals surface area contributed by atoms with Gasteiger partial charge in [0.1, 0.15) is 5.82 Å². The fourth-order valence-corrected chi connectivity index (χ4v) is 2.95. The van der Waals surface area contributed by atoms with Crippen LogP contribution in [0.25, 0.3) is 0 Å². The van der Waals surface area contributed by atoms with Gasteiger partial charge in [0.25, 0.3) is 0 Å². The molecule has 0 N–H and O–H groups in total. The molecule has 0 amide bonds. The van der Waals surface area contributed by atoms with Gasteiger partial charge in [0, 0.05) is 12.3 Å². The van der Waals surface area contributed by atoms with Crippen LogP contribution in [0.5, 0.6) is 0 Å². The first-order valence-electron chi connectivity index (χ1n) is 9.03. The SMILES string of the molecule is CCCCC(C#CCC(CC)c1ccccc1)c1ccc(F)cc1. The molecular formula is C23H27F. The lowest BCUT2D eigenvalue weighted by Gasteiger charge is -2.13. The van der Waals surface area contributed by atoms with Gasteiger partial charge in [-0.2, -0.15) is 0 Å². The maximum Gasteiger partial charge on any atom is 0.123 e. The molecule has 0 aliphatic heterocycles. The van der Waals surface area contributed by atoms with Gasteiger partial charge in [-0.1, -0.05) is 75.1 Å². The molecule has 0 aliphatic rings. The van der Waals surface area contributed by atoms with E-state index < -0.39 is 0 Å². The summed E-state index contributed by atoms with van der Waals surface area (Å²) in [5.74, 6) is 7.37.